The number of aryl methyl sites for hydroxylation is 3. The Hall–Kier alpha value is -3.48. The zero-order valence-electron chi connectivity index (χ0n) is 19.7. The fourth-order valence-corrected chi connectivity index (χ4v) is 4.15. The van der Waals surface area contributed by atoms with Crippen LogP contribution in [0.2, 0.25) is 0 Å². The molecule has 4 rings (SSSR count). The molecule has 33 heavy (non-hydrogen) atoms. The first-order valence-corrected chi connectivity index (χ1v) is 11.3. The van der Waals surface area contributed by atoms with Crippen LogP contribution in [-0.4, -0.2) is 46.8 Å². The number of aromatic nitrogens is 2. The third kappa shape index (κ3) is 5.30. The second-order valence-electron chi connectivity index (χ2n) is 8.63. The van der Waals surface area contributed by atoms with Gasteiger partial charge >= 0.3 is 6.03 Å². The fraction of sp³-hybridized carbons (Fsp3) is 0.385. The molecule has 0 radical (unpaired) electrons. The monoisotopic (exact) mass is 448 g/mol. The van der Waals surface area contributed by atoms with Gasteiger partial charge in [-0.15, -0.1) is 0 Å². The van der Waals surface area contributed by atoms with Gasteiger partial charge in [0.05, 0.1) is 7.11 Å². The van der Waals surface area contributed by atoms with Crippen molar-refractivity contribution < 1.29 is 14.3 Å². The van der Waals surface area contributed by atoms with Gasteiger partial charge in [0, 0.05) is 45.4 Å². The molecule has 1 fully saturated rings. The predicted molar refractivity (Wildman–Crippen MR) is 128 cm³/mol. The molecule has 2 aromatic carbocycles. The summed E-state index contributed by atoms with van der Waals surface area (Å²) in [5, 5.41) is 3.19. The standard InChI is InChI=1S/C26H32N4O3/c1-18-5-6-19(2)23(17-18)33-22-11-14-30(15-12-22)26(31)28-24(25-27-13-16-29(25)3)20-7-9-21(32-4)10-8-20/h5-10,13,16-17,22,24H,11-12,14-15H2,1-4H3,(H,28,31). The molecule has 1 unspecified atom stereocenters. The summed E-state index contributed by atoms with van der Waals surface area (Å²) in [6, 6.07) is 13.5. The van der Waals surface area contributed by atoms with Gasteiger partial charge in [-0.1, -0.05) is 24.3 Å². The Morgan fingerprint density at radius 2 is 1.85 bits per heavy atom. The van der Waals surface area contributed by atoms with Crippen molar-refractivity contribution in [3.63, 3.8) is 0 Å². The molecule has 0 bridgehead atoms. The van der Waals surface area contributed by atoms with Crippen molar-refractivity contribution >= 4 is 6.03 Å². The maximum Gasteiger partial charge on any atom is 0.318 e. The van der Waals surface area contributed by atoms with Crippen LogP contribution >= 0.6 is 0 Å². The number of piperidine rings is 1. The molecule has 7 nitrogen and oxygen atoms in total. The molecule has 2 amide bonds. The van der Waals surface area contributed by atoms with Crippen LogP contribution < -0.4 is 14.8 Å². The SMILES string of the molecule is COc1ccc(C(NC(=O)N2CCC(Oc3cc(C)ccc3C)CC2)c2nccn2C)cc1. The van der Waals surface area contributed by atoms with Crippen molar-refractivity contribution in [3.05, 3.63) is 77.4 Å². The van der Waals surface area contributed by atoms with Crippen molar-refractivity contribution in [3.8, 4) is 11.5 Å². The minimum absolute atomic E-state index is 0.0935. The summed E-state index contributed by atoms with van der Waals surface area (Å²) >= 11 is 0. The number of methoxy groups -OCH3 is 1. The van der Waals surface area contributed by atoms with Crippen molar-refractivity contribution in [2.45, 2.75) is 38.8 Å². The van der Waals surface area contributed by atoms with Crippen LogP contribution in [0.1, 0.15) is 41.4 Å². The highest BCUT2D eigenvalue weighted by Crippen LogP contribution is 2.26. The van der Waals surface area contributed by atoms with Crippen LogP contribution in [-0.2, 0) is 7.05 Å². The van der Waals surface area contributed by atoms with Gasteiger partial charge in [0.15, 0.2) is 0 Å². The molecule has 174 valence electrons. The molecule has 1 aliphatic heterocycles. The lowest BCUT2D eigenvalue weighted by Gasteiger charge is -2.33. The largest absolute Gasteiger partial charge is 0.497 e. The second kappa shape index (κ2) is 9.98. The van der Waals surface area contributed by atoms with E-state index in [0.29, 0.717) is 13.1 Å². The molecule has 0 spiro atoms. The highest BCUT2D eigenvalue weighted by Gasteiger charge is 2.28. The highest BCUT2D eigenvalue weighted by atomic mass is 16.5. The topological polar surface area (TPSA) is 68.6 Å². The molecule has 1 saturated heterocycles. The Balaban J connectivity index is 1.41. The number of ether oxygens (including phenoxy) is 2. The van der Waals surface area contributed by atoms with E-state index in [0.717, 1.165) is 41.3 Å². The number of nitrogens with zero attached hydrogens (tertiary/aromatic N) is 3. The van der Waals surface area contributed by atoms with Crippen molar-refractivity contribution in [1.82, 2.24) is 19.8 Å². The van der Waals surface area contributed by atoms with Gasteiger partial charge in [-0.25, -0.2) is 9.78 Å². The molecule has 0 aliphatic carbocycles. The Morgan fingerprint density at radius 3 is 2.48 bits per heavy atom. The molecule has 1 N–H and O–H groups in total. The van der Waals surface area contributed by atoms with E-state index < -0.39 is 0 Å². The molecule has 1 aromatic heterocycles. The van der Waals surface area contributed by atoms with E-state index in [4.69, 9.17) is 9.47 Å². The number of amides is 2. The summed E-state index contributed by atoms with van der Waals surface area (Å²) in [4.78, 5) is 19.5. The number of carbonyl (C=O) groups excluding carboxylic acids is 1. The van der Waals surface area contributed by atoms with E-state index in [-0.39, 0.29) is 18.2 Å². The summed E-state index contributed by atoms with van der Waals surface area (Å²) in [6.07, 6.45) is 5.34. The molecule has 0 saturated carbocycles. The number of hydrogen-bond donors (Lipinski definition) is 1. The summed E-state index contributed by atoms with van der Waals surface area (Å²) < 4.78 is 13.5. The number of benzene rings is 2. The van der Waals surface area contributed by atoms with E-state index >= 15 is 0 Å². The smallest absolute Gasteiger partial charge is 0.318 e. The van der Waals surface area contributed by atoms with Crippen LogP contribution in [0.15, 0.2) is 54.9 Å². The number of imidazole rings is 1. The van der Waals surface area contributed by atoms with Crippen LogP contribution in [0.4, 0.5) is 4.79 Å². The molecule has 7 heteroatoms. The number of rotatable bonds is 6. The maximum absolute atomic E-state index is 13.2. The highest BCUT2D eigenvalue weighted by molar-refractivity contribution is 5.75. The molecule has 2 heterocycles. The second-order valence-corrected chi connectivity index (χ2v) is 8.63. The van der Waals surface area contributed by atoms with E-state index in [2.05, 4.69) is 42.3 Å². The first-order valence-electron chi connectivity index (χ1n) is 11.3. The number of urea groups is 1. The van der Waals surface area contributed by atoms with Crippen LogP contribution in [0.25, 0.3) is 0 Å². The Labute approximate surface area is 195 Å². The Morgan fingerprint density at radius 1 is 1.12 bits per heavy atom. The van der Waals surface area contributed by atoms with Crippen molar-refractivity contribution in [2.24, 2.45) is 7.05 Å². The van der Waals surface area contributed by atoms with Crippen LogP contribution in [0.5, 0.6) is 11.5 Å². The van der Waals surface area contributed by atoms with Gasteiger partial charge in [-0.05, 0) is 48.7 Å². The van der Waals surface area contributed by atoms with Gasteiger partial charge in [0.25, 0.3) is 0 Å². The first-order chi connectivity index (χ1) is 15.9. The van der Waals surface area contributed by atoms with Crippen LogP contribution in [0.3, 0.4) is 0 Å². The number of nitrogens with one attached hydrogen (secondary N) is 1. The lowest BCUT2D eigenvalue weighted by molar-refractivity contribution is 0.109. The minimum Gasteiger partial charge on any atom is -0.497 e. The third-order valence-corrected chi connectivity index (χ3v) is 6.20. The molecule has 3 aromatic rings. The van der Waals surface area contributed by atoms with Gasteiger partial charge < -0.3 is 24.3 Å². The van der Waals surface area contributed by atoms with E-state index in [9.17, 15) is 4.79 Å². The predicted octanol–water partition coefficient (Wildman–Crippen LogP) is 4.39. The summed E-state index contributed by atoms with van der Waals surface area (Å²) in [5.74, 6) is 2.49. The zero-order chi connectivity index (χ0) is 23.4. The minimum atomic E-state index is -0.354. The van der Waals surface area contributed by atoms with Gasteiger partial charge in [0.2, 0.25) is 0 Å². The van der Waals surface area contributed by atoms with Crippen LogP contribution in [0, 0.1) is 13.8 Å². The Bertz CT molecular complexity index is 1090. The lowest BCUT2D eigenvalue weighted by Crippen LogP contribution is -2.47. The summed E-state index contributed by atoms with van der Waals surface area (Å²) in [7, 11) is 3.57. The summed E-state index contributed by atoms with van der Waals surface area (Å²) in [6.45, 7) is 5.43. The van der Waals surface area contributed by atoms with Crippen molar-refractivity contribution in [2.75, 3.05) is 20.2 Å². The molecule has 1 atom stereocenters. The number of hydrogen-bond acceptors (Lipinski definition) is 4. The average Bonchev–Trinajstić information content (AvgIpc) is 3.26. The normalized spacial score (nSPS) is 15.2. The molecule has 1 aliphatic rings. The van der Waals surface area contributed by atoms with Crippen molar-refractivity contribution in [1.29, 1.82) is 0 Å². The first kappa shape index (κ1) is 22.7. The molecular formula is C26H32N4O3. The van der Waals surface area contributed by atoms with E-state index in [1.54, 1.807) is 13.3 Å². The third-order valence-electron chi connectivity index (χ3n) is 6.20. The summed E-state index contributed by atoms with van der Waals surface area (Å²) in [5.41, 5.74) is 3.27. The maximum atomic E-state index is 13.2. The number of likely N-dealkylation sites (tertiary alicyclic amines) is 1. The molecular weight excluding hydrogens is 416 g/mol. The van der Waals surface area contributed by atoms with E-state index in [1.807, 2.05) is 47.0 Å². The quantitative estimate of drug-likeness (QED) is 0.607. The van der Waals surface area contributed by atoms with E-state index in [1.165, 1.54) is 5.56 Å². The number of carbonyl (C=O) groups is 1. The lowest BCUT2D eigenvalue weighted by atomic mass is 10.1. The van der Waals surface area contributed by atoms with Gasteiger partial charge in [0.1, 0.15) is 29.5 Å². The van der Waals surface area contributed by atoms with Gasteiger partial charge in [-0.3, -0.25) is 0 Å². The fourth-order valence-electron chi connectivity index (χ4n) is 4.15. The Kier molecular flexibility index (Phi) is 6.87. The van der Waals surface area contributed by atoms with Gasteiger partial charge in [-0.2, -0.15) is 0 Å². The zero-order valence-corrected chi connectivity index (χ0v) is 19.7. The average molecular weight is 449 g/mol.